The summed E-state index contributed by atoms with van der Waals surface area (Å²) in [4.78, 5) is 25.7. The number of benzene rings is 1. The van der Waals surface area contributed by atoms with Gasteiger partial charge in [-0.05, 0) is 43.0 Å². The van der Waals surface area contributed by atoms with Gasteiger partial charge in [-0.3, -0.25) is 4.79 Å². The molecule has 1 amide bonds. The largest absolute Gasteiger partial charge is 0.497 e. The van der Waals surface area contributed by atoms with E-state index in [1.165, 1.54) is 13.2 Å². The van der Waals surface area contributed by atoms with E-state index in [-0.39, 0.29) is 11.9 Å². The van der Waals surface area contributed by atoms with E-state index in [1.807, 2.05) is 24.3 Å². The number of methoxy groups -OCH3 is 2. The van der Waals surface area contributed by atoms with Crippen LogP contribution in [-0.2, 0) is 14.3 Å². The molecule has 0 aliphatic carbocycles. The number of rotatable bonds is 4. The Hall–Kier alpha value is -2.30. The minimum Gasteiger partial charge on any atom is -0.497 e. The molecule has 1 aromatic carbocycles. The lowest BCUT2D eigenvalue weighted by molar-refractivity contribution is -0.153. The van der Waals surface area contributed by atoms with Crippen LogP contribution < -0.4 is 4.74 Å². The van der Waals surface area contributed by atoms with Gasteiger partial charge in [0.05, 0.1) is 14.2 Å². The summed E-state index contributed by atoms with van der Waals surface area (Å²) in [6, 6.07) is 6.97. The zero-order valence-corrected chi connectivity index (χ0v) is 13.0. The van der Waals surface area contributed by atoms with Crippen molar-refractivity contribution in [3.05, 3.63) is 35.9 Å². The van der Waals surface area contributed by atoms with Gasteiger partial charge in [0.1, 0.15) is 11.8 Å². The molecule has 1 aliphatic heterocycles. The van der Waals surface area contributed by atoms with Crippen LogP contribution in [0, 0.1) is 0 Å². The van der Waals surface area contributed by atoms with Crippen LogP contribution in [0.4, 0.5) is 0 Å². The number of carbonyl (C=O) groups is 2. The molecular formula is C17H21NO4. The maximum absolute atomic E-state index is 12.4. The summed E-state index contributed by atoms with van der Waals surface area (Å²) in [6.45, 7) is 0.584. The first-order valence-corrected chi connectivity index (χ1v) is 7.36. The first-order chi connectivity index (χ1) is 10.7. The summed E-state index contributed by atoms with van der Waals surface area (Å²) in [7, 11) is 2.95. The van der Waals surface area contributed by atoms with Crippen LogP contribution in [0.5, 0.6) is 5.75 Å². The van der Waals surface area contributed by atoms with Gasteiger partial charge in [0.25, 0.3) is 0 Å². The number of ether oxygens (including phenoxy) is 2. The summed E-state index contributed by atoms with van der Waals surface area (Å²) in [5.41, 5.74) is 0.874. The predicted octanol–water partition coefficient (Wildman–Crippen LogP) is 2.26. The molecule has 1 saturated heterocycles. The first-order valence-electron chi connectivity index (χ1n) is 7.36. The molecule has 5 heteroatoms. The molecule has 1 aromatic rings. The van der Waals surface area contributed by atoms with Gasteiger partial charge in [0.15, 0.2) is 0 Å². The Kier molecular flexibility index (Phi) is 5.58. The average molecular weight is 303 g/mol. The highest BCUT2D eigenvalue weighted by Crippen LogP contribution is 2.19. The Bertz CT molecular complexity index is 568. The van der Waals surface area contributed by atoms with Crippen molar-refractivity contribution in [1.82, 2.24) is 4.90 Å². The second kappa shape index (κ2) is 7.64. The normalized spacial score (nSPS) is 18.3. The number of hydrogen-bond acceptors (Lipinski definition) is 4. The molecule has 0 bridgehead atoms. The molecule has 0 aromatic heterocycles. The minimum atomic E-state index is -0.471. The Labute approximate surface area is 130 Å². The van der Waals surface area contributed by atoms with Crippen LogP contribution in [0.2, 0.25) is 0 Å². The van der Waals surface area contributed by atoms with Crippen molar-refractivity contribution < 1.29 is 19.1 Å². The van der Waals surface area contributed by atoms with E-state index in [9.17, 15) is 9.59 Å². The molecule has 0 spiro atoms. The zero-order chi connectivity index (χ0) is 15.9. The van der Waals surface area contributed by atoms with Gasteiger partial charge in [-0.1, -0.05) is 12.1 Å². The van der Waals surface area contributed by atoms with Crippen LogP contribution in [0.25, 0.3) is 6.08 Å². The third-order valence-electron chi connectivity index (χ3n) is 3.77. The Morgan fingerprint density at radius 1 is 1.27 bits per heavy atom. The SMILES string of the molecule is COC(=O)[C@@H]1CCCCN1C(=O)/C=C\c1cccc(OC)c1. The second-order valence-electron chi connectivity index (χ2n) is 5.18. The van der Waals surface area contributed by atoms with Gasteiger partial charge in [-0.15, -0.1) is 0 Å². The van der Waals surface area contributed by atoms with Crippen LogP contribution in [-0.4, -0.2) is 43.6 Å². The van der Waals surface area contributed by atoms with Crippen LogP contribution in [0.15, 0.2) is 30.3 Å². The predicted molar refractivity (Wildman–Crippen MR) is 83.4 cm³/mol. The van der Waals surface area contributed by atoms with Crippen LogP contribution in [0.3, 0.4) is 0 Å². The van der Waals surface area contributed by atoms with E-state index in [2.05, 4.69) is 0 Å². The number of carbonyl (C=O) groups excluding carboxylic acids is 2. The zero-order valence-electron chi connectivity index (χ0n) is 13.0. The number of nitrogens with zero attached hydrogens (tertiary/aromatic N) is 1. The molecule has 22 heavy (non-hydrogen) atoms. The second-order valence-corrected chi connectivity index (χ2v) is 5.18. The van der Waals surface area contributed by atoms with E-state index < -0.39 is 6.04 Å². The number of amides is 1. The fourth-order valence-corrected chi connectivity index (χ4v) is 2.58. The molecule has 1 atom stereocenters. The minimum absolute atomic E-state index is 0.169. The number of likely N-dealkylation sites (tertiary alicyclic amines) is 1. The van der Waals surface area contributed by atoms with E-state index in [1.54, 1.807) is 18.1 Å². The summed E-state index contributed by atoms with van der Waals surface area (Å²) >= 11 is 0. The van der Waals surface area contributed by atoms with Gasteiger partial charge in [0.2, 0.25) is 5.91 Å². The maximum atomic E-state index is 12.4. The van der Waals surface area contributed by atoms with Crippen molar-refractivity contribution in [3.63, 3.8) is 0 Å². The third-order valence-corrected chi connectivity index (χ3v) is 3.77. The van der Waals surface area contributed by atoms with Crippen molar-refractivity contribution >= 4 is 18.0 Å². The van der Waals surface area contributed by atoms with Crippen molar-refractivity contribution in [2.75, 3.05) is 20.8 Å². The van der Waals surface area contributed by atoms with Crippen molar-refractivity contribution in [3.8, 4) is 5.75 Å². The number of hydrogen-bond donors (Lipinski definition) is 0. The highest BCUT2D eigenvalue weighted by molar-refractivity contribution is 5.94. The van der Waals surface area contributed by atoms with Gasteiger partial charge >= 0.3 is 5.97 Å². The Morgan fingerprint density at radius 2 is 2.09 bits per heavy atom. The Balaban J connectivity index is 2.08. The van der Waals surface area contributed by atoms with Crippen molar-refractivity contribution in [2.45, 2.75) is 25.3 Å². The first kappa shape index (κ1) is 16.1. The Morgan fingerprint density at radius 3 is 2.82 bits per heavy atom. The summed E-state index contributed by atoms with van der Waals surface area (Å²) in [6.07, 6.45) is 5.73. The van der Waals surface area contributed by atoms with Crippen molar-refractivity contribution in [1.29, 1.82) is 0 Å². The molecule has 5 nitrogen and oxygen atoms in total. The molecule has 1 aliphatic rings. The highest BCUT2D eigenvalue weighted by Gasteiger charge is 2.31. The third kappa shape index (κ3) is 3.87. The average Bonchev–Trinajstić information content (AvgIpc) is 2.59. The van der Waals surface area contributed by atoms with E-state index in [0.717, 1.165) is 24.2 Å². The smallest absolute Gasteiger partial charge is 0.328 e. The lowest BCUT2D eigenvalue weighted by Gasteiger charge is -2.32. The fraction of sp³-hybridized carbons (Fsp3) is 0.412. The lowest BCUT2D eigenvalue weighted by atomic mass is 10.0. The molecule has 118 valence electrons. The van der Waals surface area contributed by atoms with Gasteiger partial charge in [0, 0.05) is 12.6 Å². The molecular weight excluding hydrogens is 282 g/mol. The molecule has 0 saturated carbocycles. The topological polar surface area (TPSA) is 55.8 Å². The summed E-state index contributed by atoms with van der Waals surface area (Å²) in [5.74, 6) is 0.223. The molecule has 1 heterocycles. The fourth-order valence-electron chi connectivity index (χ4n) is 2.58. The molecule has 0 radical (unpaired) electrons. The standard InChI is InChI=1S/C17H21NO4/c1-21-14-7-5-6-13(12-14)9-10-16(19)18-11-4-3-8-15(18)17(20)22-2/h5-7,9-10,12,15H,3-4,8,11H2,1-2H3/b10-9-/t15-/m0/s1. The number of piperidine rings is 1. The van der Waals surface area contributed by atoms with Crippen LogP contribution >= 0.6 is 0 Å². The van der Waals surface area contributed by atoms with Gasteiger partial charge in [-0.25, -0.2) is 4.79 Å². The lowest BCUT2D eigenvalue weighted by Crippen LogP contribution is -2.47. The van der Waals surface area contributed by atoms with E-state index >= 15 is 0 Å². The molecule has 0 N–H and O–H groups in total. The van der Waals surface area contributed by atoms with Gasteiger partial charge < -0.3 is 14.4 Å². The van der Waals surface area contributed by atoms with Crippen LogP contribution in [0.1, 0.15) is 24.8 Å². The molecule has 0 unspecified atom stereocenters. The van der Waals surface area contributed by atoms with Crippen molar-refractivity contribution in [2.24, 2.45) is 0 Å². The maximum Gasteiger partial charge on any atom is 0.328 e. The highest BCUT2D eigenvalue weighted by atomic mass is 16.5. The summed E-state index contributed by atoms with van der Waals surface area (Å²) < 4.78 is 9.94. The molecule has 2 rings (SSSR count). The number of esters is 1. The molecule has 1 fully saturated rings. The quantitative estimate of drug-likeness (QED) is 0.632. The summed E-state index contributed by atoms with van der Waals surface area (Å²) in [5, 5.41) is 0. The van der Waals surface area contributed by atoms with E-state index in [0.29, 0.717) is 13.0 Å². The monoisotopic (exact) mass is 303 g/mol. The van der Waals surface area contributed by atoms with E-state index in [4.69, 9.17) is 9.47 Å². The van der Waals surface area contributed by atoms with Gasteiger partial charge in [-0.2, -0.15) is 0 Å².